The SMILES string of the molecule is COC(=O)C1=C(C)N=c2sc(=Cc3ccccc3)c(=O)n2[C@@H]1c1ccc(OC(C)=O)cc1. The predicted molar refractivity (Wildman–Crippen MR) is 120 cm³/mol. The van der Waals surface area contributed by atoms with Gasteiger partial charge in [0.1, 0.15) is 5.75 Å². The lowest BCUT2D eigenvalue weighted by atomic mass is 9.96. The van der Waals surface area contributed by atoms with Crippen LogP contribution in [0.5, 0.6) is 5.75 Å². The number of carbonyl (C=O) groups is 2. The topological polar surface area (TPSA) is 87.0 Å². The third kappa shape index (κ3) is 4.04. The number of carbonyl (C=O) groups excluding carboxylic acids is 2. The van der Waals surface area contributed by atoms with E-state index < -0.39 is 18.0 Å². The molecule has 0 bridgehead atoms. The van der Waals surface area contributed by atoms with E-state index in [0.29, 0.717) is 26.3 Å². The summed E-state index contributed by atoms with van der Waals surface area (Å²) in [6.45, 7) is 3.04. The zero-order valence-electron chi connectivity index (χ0n) is 17.7. The van der Waals surface area contributed by atoms with Gasteiger partial charge in [0.15, 0.2) is 4.80 Å². The van der Waals surface area contributed by atoms with Crippen LogP contribution in [0.3, 0.4) is 0 Å². The van der Waals surface area contributed by atoms with Crippen LogP contribution in [-0.2, 0) is 14.3 Å². The first kappa shape index (κ1) is 21.5. The summed E-state index contributed by atoms with van der Waals surface area (Å²) in [7, 11) is 1.30. The minimum atomic E-state index is -0.719. The van der Waals surface area contributed by atoms with Crippen LogP contribution in [0.4, 0.5) is 0 Å². The highest BCUT2D eigenvalue weighted by molar-refractivity contribution is 7.07. The Balaban J connectivity index is 1.91. The highest BCUT2D eigenvalue weighted by atomic mass is 32.1. The quantitative estimate of drug-likeness (QED) is 0.452. The van der Waals surface area contributed by atoms with Crippen molar-refractivity contribution in [3.05, 3.63) is 96.7 Å². The van der Waals surface area contributed by atoms with Crippen molar-refractivity contribution < 1.29 is 19.1 Å². The van der Waals surface area contributed by atoms with Gasteiger partial charge in [0.2, 0.25) is 0 Å². The largest absolute Gasteiger partial charge is 0.466 e. The molecule has 1 aliphatic heterocycles. The van der Waals surface area contributed by atoms with Gasteiger partial charge in [-0.05, 0) is 36.3 Å². The third-order valence-corrected chi connectivity index (χ3v) is 5.96. The average molecular weight is 449 g/mol. The first-order chi connectivity index (χ1) is 15.4. The van der Waals surface area contributed by atoms with Crippen molar-refractivity contribution in [1.82, 2.24) is 4.57 Å². The number of nitrogens with zero attached hydrogens (tertiary/aromatic N) is 2. The van der Waals surface area contributed by atoms with Crippen molar-refractivity contribution in [2.24, 2.45) is 4.99 Å². The predicted octanol–water partition coefficient (Wildman–Crippen LogP) is 2.33. The Hall–Kier alpha value is -3.78. The summed E-state index contributed by atoms with van der Waals surface area (Å²) >= 11 is 1.26. The molecule has 4 rings (SSSR count). The van der Waals surface area contributed by atoms with E-state index in [1.807, 2.05) is 36.4 Å². The van der Waals surface area contributed by atoms with Crippen molar-refractivity contribution in [3.63, 3.8) is 0 Å². The lowest BCUT2D eigenvalue weighted by molar-refractivity contribution is -0.136. The molecule has 0 unspecified atom stereocenters. The van der Waals surface area contributed by atoms with Crippen LogP contribution in [0.2, 0.25) is 0 Å². The maximum atomic E-state index is 13.4. The van der Waals surface area contributed by atoms with Crippen LogP contribution in [0.25, 0.3) is 6.08 Å². The maximum Gasteiger partial charge on any atom is 0.338 e. The van der Waals surface area contributed by atoms with Crippen LogP contribution in [0, 0.1) is 0 Å². The zero-order valence-corrected chi connectivity index (χ0v) is 18.5. The molecule has 7 nitrogen and oxygen atoms in total. The highest BCUT2D eigenvalue weighted by Gasteiger charge is 2.33. The Kier molecular flexibility index (Phi) is 5.87. The Bertz CT molecular complexity index is 1400. The fraction of sp³-hybridized carbons (Fsp3) is 0.167. The molecule has 1 atom stereocenters. The monoisotopic (exact) mass is 448 g/mol. The number of ether oxygens (including phenoxy) is 2. The van der Waals surface area contributed by atoms with Gasteiger partial charge < -0.3 is 9.47 Å². The summed E-state index contributed by atoms with van der Waals surface area (Å²) in [6, 6.07) is 15.5. The number of aromatic nitrogens is 1. The van der Waals surface area contributed by atoms with Crippen molar-refractivity contribution in [2.45, 2.75) is 19.9 Å². The summed E-state index contributed by atoms with van der Waals surface area (Å²) in [5.41, 5.74) is 2.08. The summed E-state index contributed by atoms with van der Waals surface area (Å²) in [6.07, 6.45) is 1.81. The molecule has 0 aliphatic carbocycles. The average Bonchev–Trinajstić information content (AvgIpc) is 3.07. The molecule has 162 valence electrons. The second-order valence-corrected chi connectivity index (χ2v) is 8.16. The highest BCUT2D eigenvalue weighted by Crippen LogP contribution is 2.31. The van der Waals surface area contributed by atoms with Gasteiger partial charge in [-0.1, -0.05) is 53.8 Å². The molecule has 1 aliphatic rings. The molecule has 0 N–H and O–H groups in total. The molecule has 0 amide bonds. The fourth-order valence-electron chi connectivity index (χ4n) is 3.59. The second-order valence-electron chi connectivity index (χ2n) is 7.15. The zero-order chi connectivity index (χ0) is 22.8. The molecule has 1 aromatic heterocycles. The Morgan fingerprint density at radius 1 is 1.09 bits per heavy atom. The lowest BCUT2D eigenvalue weighted by Gasteiger charge is -2.24. The van der Waals surface area contributed by atoms with E-state index in [1.54, 1.807) is 31.2 Å². The first-order valence-electron chi connectivity index (χ1n) is 9.83. The van der Waals surface area contributed by atoms with Gasteiger partial charge in [0.05, 0.1) is 29.0 Å². The molecule has 0 fully saturated rings. The molecule has 3 aromatic rings. The second kappa shape index (κ2) is 8.76. The summed E-state index contributed by atoms with van der Waals surface area (Å²) in [5.74, 6) is -0.617. The van der Waals surface area contributed by atoms with E-state index in [2.05, 4.69) is 4.99 Å². The molecular formula is C24H20N2O5S. The number of thiazole rings is 1. The van der Waals surface area contributed by atoms with E-state index >= 15 is 0 Å². The molecule has 0 spiro atoms. The molecule has 0 saturated heterocycles. The molecule has 0 saturated carbocycles. The summed E-state index contributed by atoms with van der Waals surface area (Å²) in [4.78, 5) is 42.3. The third-order valence-electron chi connectivity index (χ3n) is 4.98. The first-order valence-corrected chi connectivity index (χ1v) is 10.6. The van der Waals surface area contributed by atoms with E-state index in [1.165, 1.54) is 29.9 Å². The standard InChI is InChI=1S/C24H20N2O5S/c1-14-20(23(29)30-3)21(17-9-11-18(12-10-17)31-15(2)27)26-22(28)19(32-24(26)25-14)13-16-7-5-4-6-8-16/h4-13,21H,1-3H3/t21-/m1/s1. The summed E-state index contributed by atoms with van der Waals surface area (Å²) < 4.78 is 12.1. The van der Waals surface area contributed by atoms with Crippen LogP contribution in [-0.4, -0.2) is 23.6 Å². The maximum absolute atomic E-state index is 13.4. The van der Waals surface area contributed by atoms with Gasteiger partial charge in [-0.15, -0.1) is 0 Å². The number of benzene rings is 2. The molecule has 32 heavy (non-hydrogen) atoms. The van der Waals surface area contributed by atoms with Crippen LogP contribution < -0.4 is 19.6 Å². The minimum Gasteiger partial charge on any atom is -0.466 e. The van der Waals surface area contributed by atoms with E-state index in [0.717, 1.165) is 5.56 Å². The number of fused-ring (bicyclic) bond motifs is 1. The van der Waals surface area contributed by atoms with Gasteiger partial charge >= 0.3 is 11.9 Å². The normalized spacial score (nSPS) is 15.7. The number of rotatable bonds is 4. The van der Waals surface area contributed by atoms with Gasteiger partial charge in [-0.25, -0.2) is 9.79 Å². The molecule has 0 radical (unpaired) electrons. The minimum absolute atomic E-state index is 0.249. The molecule has 8 heteroatoms. The Morgan fingerprint density at radius 3 is 2.41 bits per heavy atom. The van der Waals surface area contributed by atoms with Crippen molar-refractivity contribution in [2.75, 3.05) is 7.11 Å². The molecule has 2 aromatic carbocycles. The number of esters is 2. The van der Waals surface area contributed by atoms with Crippen LogP contribution in [0.1, 0.15) is 31.0 Å². The van der Waals surface area contributed by atoms with Crippen molar-refractivity contribution >= 4 is 29.4 Å². The van der Waals surface area contributed by atoms with Crippen LogP contribution in [0.15, 0.2) is 75.7 Å². The fourth-order valence-corrected chi connectivity index (χ4v) is 4.64. The molecular weight excluding hydrogens is 428 g/mol. The number of hydrogen-bond donors (Lipinski definition) is 0. The number of hydrogen-bond acceptors (Lipinski definition) is 7. The Morgan fingerprint density at radius 2 is 1.78 bits per heavy atom. The van der Waals surface area contributed by atoms with Gasteiger partial charge in [0.25, 0.3) is 5.56 Å². The lowest BCUT2D eigenvalue weighted by Crippen LogP contribution is -2.39. The van der Waals surface area contributed by atoms with Gasteiger partial charge in [-0.3, -0.25) is 14.2 Å². The van der Waals surface area contributed by atoms with E-state index in [4.69, 9.17) is 9.47 Å². The number of allylic oxidation sites excluding steroid dienone is 1. The van der Waals surface area contributed by atoms with Crippen molar-refractivity contribution in [1.29, 1.82) is 0 Å². The van der Waals surface area contributed by atoms with E-state index in [-0.39, 0.29) is 11.1 Å². The summed E-state index contributed by atoms with van der Waals surface area (Å²) in [5, 5.41) is 0. The number of methoxy groups -OCH3 is 1. The van der Waals surface area contributed by atoms with Crippen LogP contribution >= 0.6 is 11.3 Å². The molecule has 2 heterocycles. The Labute approximate surface area is 187 Å². The van der Waals surface area contributed by atoms with Gasteiger partial charge in [-0.2, -0.15) is 0 Å². The van der Waals surface area contributed by atoms with Crippen molar-refractivity contribution in [3.8, 4) is 5.75 Å². The van der Waals surface area contributed by atoms with E-state index in [9.17, 15) is 14.4 Å². The smallest absolute Gasteiger partial charge is 0.338 e. The van der Waals surface area contributed by atoms with Gasteiger partial charge in [0, 0.05) is 6.92 Å².